The van der Waals surface area contributed by atoms with Crippen LogP contribution in [0.2, 0.25) is 0 Å². The van der Waals surface area contributed by atoms with Gasteiger partial charge in [0.05, 0.1) is 11.6 Å². The molecular formula is C15H22N2O2. The summed E-state index contributed by atoms with van der Waals surface area (Å²) in [6.07, 6.45) is 2.06. The van der Waals surface area contributed by atoms with E-state index in [0.717, 1.165) is 17.7 Å². The van der Waals surface area contributed by atoms with Crippen molar-refractivity contribution in [2.45, 2.75) is 44.8 Å². The minimum absolute atomic E-state index is 0.0584. The number of carbonyl (C=O) groups excluding carboxylic acids is 1. The SMILES string of the molecule is CC1OCCC1(C)NC(=O)CCc1ccccc1N. The molecule has 3 N–H and O–H groups in total. The van der Waals surface area contributed by atoms with Gasteiger partial charge in [-0.1, -0.05) is 18.2 Å². The molecule has 0 aromatic heterocycles. The van der Waals surface area contributed by atoms with E-state index in [9.17, 15) is 4.79 Å². The molecule has 1 saturated heterocycles. The summed E-state index contributed by atoms with van der Waals surface area (Å²) in [6.45, 7) is 4.76. The topological polar surface area (TPSA) is 64.3 Å². The highest BCUT2D eigenvalue weighted by Crippen LogP contribution is 2.25. The molecule has 1 amide bonds. The van der Waals surface area contributed by atoms with Gasteiger partial charge in [0.25, 0.3) is 0 Å². The molecule has 4 heteroatoms. The number of ether oxygens (including phenoxy) is 1. The molecule has 1 aromatic rings. The van der Waals surface area contributed by atoms with E-state index in [0.29, 0.717) is 19.4 Å². The highest BCUT2D eigenvalue weighted by atomic mass is 16.5. The summed E-state index contributed by atoms with van der Waals surface area (Å²) < 4.78 is 5.52. The molecule has 104 valence electrons. The first-order valence-electron chi connectivity index (χ1n) is 6.77. The zero-order chi connectivity index (χ0) is 13.9. The molecule has 0 radical (unpaired) electrons. The molecule has 2 rings (SSSR count). The zero-order valence-electron chi connectivity index (χ0n) is 11.6. The first-order valence-corrected chi connectivity index (χ1v) is 6.77. The average Bonchev–Trinajstić information content (AvgIpc) is 2.68. The standard InChI is InChI=1S/C15H22N2O2/c1-11-15(2,9-10-19-11)17-14(18)8-7-12-5-3-4-6-13(12)16/h3-6,11H,7-10,16H2,1-2H3,(H,17,18). The number of rotatable bonds is 4. The number of amides is 1. The lowest BCUT2D eigenvalue weighted by atomic mass is 9.94. The maximum Gasteiger partial charge on any atom is 0.220 e. The number of hydrogen-bond donors (Lipinski definition) is 2. The molecule has 1 aliphatic heterocycles. The minimum atomic E-state index is -0.237. The van der Waals surface area contributed by atoms with Gasteiger partial charge in [0.15, 0.2) is 0 Å². The van der Waals surface area contributed by atoms with Crippen LogP contribution in [-0.2, 0) is 16.0 Å². The number of anilines is 1. The van der Waals surface area contributed by atoms with Gasteiger partial charge in [-0.15, -0.1) is 0 Å². The van der Waals surface area contributed by atoms with Crippen LogP contribution in [-0.4, -0.2) is 24.2 Å². The predicted molar refractivity (Wildman–Crippen MR) is 75.8 cm³/mol. The van der Waals surface area contributed by atoms with E-state index in [1.54, 1.807) is 0 Å². The van der Waals surface area contributed by atoms with Crippen LogP contribution in [0.5, 0.6) is 0 Å². The van der Waals surface area contributed by atoms with E-state index in [-0.39, 0.29) is 17.6 Å². The van der Waals surface area contributed by atoms with Crippen LogP contribution in [0.1, 0.15) is 32.3 Å². The average molecular weight is 262 g/mol. The Morgan fingerprint density at radius 1 is 1.53 bits per heavy atom. The maximum absolute atomic E-state index is 12.0. The third-order valence-corrected chi connectivity index (χ3v) is 3.99. The third-order valence-electron chi connectivity index (χ3n) is 3.99. The predicted octanol–water partition coefficient (Wildman–Crippen LogP) is 1.89. The van der Waals surface area contributed by atoms with Gasteiger partial charge in [-0.05, 0) is 38.3 Å². The quantitative estimate of drug-likeness (QED) is 0.814. The second-order valence-corrected chi connectivity index (χ2v) is 5.43. The Hall–Kier alpha value is -1.55. The monoisotopic (exact) mass is 262 g/mol. The van der Waals surface area contributed by atoms with Crippen molar-refractivity contribution in [3.05, 3.63) is 29.8 Å². The van der Waals surface area contributed by atoms with Gasteiger partial charge in [-0.3, -0.25) is 4.79 Å². The van der Waals surface area contributed by atoms with Gasteiger partial charge in [0.1, 0.15) is 0 Å². The van der Waals surface area contributed by atoms with Gasteiger partial charge in [-0.25, -0.2) is 0 Å². The molecule has 1 aromatic carbocycles. The van der Waals surface area contributed by atoms with Crippen LogP contribution in [0.4, 0.5) is 5.69 Å². The summed E-state index contributed by atoms with van der Waals surface area (Å²) in [5, 5.41) is 3.09. The fourth-order valence-electron chi connectivity index (χ4n) is 2.39. The molecule has 19 heavy (non-hydrogen) atoms. The number of benzene rings is 1. The molecule has 2 atom stereocenters. The van der Waals surface area contributed by atoms with Crippen molar-refractivity contribution in [1.29, 1.82) is 0 Å². The number of nitrogen functional groups attached to an aromatic ring is 1. The van der Waals surface area contributed by atoms with Crippen LogP contribution in [0.15, 0.2) is 24.3 Å². The van der Waals surface area contributed by atoms with Crippen molar-refractivity contribution in [2.75, 3.05) is 12.3 Å². The smallest absolute Gasteiger partial charge is 0.220 e. The van der Waals surface area contributed by atoms with Gasteiger partial charge >= 0.3 is 0 Å². The minimum Gasteiger partial charge on any atom is -0.399 e. The number of nitrogens with two attached hydrogens (primary N) is 1. The van der Waals surface area contributed by atoms with E-state index in [1.165, 1.54) is 0 Å². The zero-order valence-corrected chi connectivity index (χ0v) is 11.6. The molecule has 0 aliphatic carbocycles. The highest BCUT2D eigenvalue weighted by molar-refractivity contribution is 5.77. The molecule has 1 heterocycles. The molecule has 1 fully saturated rings. The second-order valence-electron chi connectivity index (χ2n) is 5.43. The van der Waals surface area contributed by atoms with Crippen LogP contribution in [0, 0.1) is 0 Å². The Bertz CT molecular complexity index is 461. The van der Waals surface area contributed by atoms with E-state index < -0.39 is 0 Å². The number of aryl methyl sites for hydroxylation is 1. The number of hydrogen-bond acceptors (Lipinski definition) is 3. The van der Waals surface area contributed by atoms with Crippen molar-refractivity contribution < 1.29 is 9.53 Å². The van der Waals surface area contributed by atoms with Gasteiger partial charge in [-0.2, -0.15) is 0 Å². The van der Waals surface area contributed by atoms with Crippen molar-refractivity contribution in [3.8, 4) is 0 Å². The van der Waals surface area contributed by atoms with Crippen molar-refractivity contribution >= 4 is 11.6 Å². The molecule has 0 spiro atoms. The summed E-state index contributed by atoms with van der Waals surface area (Å²) in [4.78, 5) is 12.0. The van der Waals surface area contributed by atoms with Gasteiger partial charge in [0, 0.05) is 18.7 Å². The molecule has 2 unspecified atom stereocenters. The molecular weight excluding hydrogens is 240 g/mol. The second kappa shape index (κ2) is 5.61. The van der Waals surface area contributed by atoms with Crippen molar-refractivity contribution in [2.24, 2.45) is 0 Å². The van der Waals surface area contributed by atoms with Crippen LogP contribution in [0.25, 0.3) is 0 Å². The van der Waals surface area contributed by atoms with Crippen LogP contribution >= 0.6 is 0 Å². The lowest BCUT2D eigenvalue weighted by Crippen LogP contribution is -2.50. The molecule has 4 nitrogen and oxygen atoms in total. The first-order chi connectivity index (χ1) is 9.01. The molecule has 0 bridgehead atoms. The summed E-state index contributed by atoms with van der Waals surface area (Å²) in [5.41, 5.74) is 7.41. The van der Waals surface area contributed by atoms with E-state index in [4.69, 9.17) is 10.5 Å². The van der Waals surface area contributed by atoms with Crippen molar-refractivity contribution in [3.63, 3.8) is 0 Å². The number of para-hydroxylation sites is 1. The van der Waals surface area contributed by atoms with Crippen LogP contribution in [0.3, 0.4) is 0 Å². The van der Waals surface area contributed by atoms with E-state index in [2.05, 4.69) is 5.32 Å². The summed E-state index contributed by atoms with van der Waals surface area (Å²) in [7, 11) is 0. The van der Waals surface area contributed by atoms with Crippen molar-refractivity contribution in [1.82, 2.24) is 5.32 Å². The van der Waals surface area contributed by atoms with Crippen LogP contribution < -0.4 is 11.1 Å². The Kier molecular flexibility index (Phi) is 4.10. The summed E-state index contributed by atoms with van der Waals surface area (Å²) in [6, 6.07) is 7.67. The Labute approximate surface area is 114 Å². The van der Waals surface area contributed by atoms with E-state index in [1.807, 2.05) is 38.1 Å². The molecule has 0 saturated carbocycles. The summed E-state index contributed by atoms with van der Waals surface area (Å²) >= 11 is 0. The lowest BCUT2D eigenvalue weighted by molar-refractivity contribution is -0.123. The number of carbonyl (C=O) groups is 1. The largest absolute Gasteiger partial charge is 0.399 e. The Morgan fingerprint density at radius 2 is 2.26 bits per heavy atom. The number of nitrogens with one attached hydrogen (secondary N) is 1. The Morgan fingerprint density at radius 3 is 2.89 bits per heavy atom. The lowest BCUT2D eigenvalue weighted by Gasteiger charge is -2.28. The first kappa shape index (κ1) is 13.9. The fraction of sp³-hybridized carbons (Fsp3) is 0.533. The highest BCUT2D eigenvalue weighted by Gasteiger charge is 2.37. The Balaban J connectivity index is 1.87. The third kappa shape index (κ3) is 3.26. The van der Waals surface area contributed by atoms with Gasteiger partial charge < -0.3 is 15.8 Å². The fourth-order valence-corrected chi connectivity index (χ4v) is 2.39. The maximum atomic E-state index is 12.0. The summed E-state index contributed by atoms with van der Waals surface area (Å²) in [5.74, 6) is 0.0584. The van der Waals surface area contributed by atoms with Gasteiger partial charge in [0.2, 0.25) is 5.91 Å². The van der Waals surface area contributed by atoms with E-state index >= 15 is 0 Å². The molecule has 1 aliphatic rings. The normalized spacial score (nSPS) is 26.3.